The van der Waals surface area contributed by atoms with E-state index in [4.69, 9.17) is 0 Å². The molecule has 1 aromatic carbocycles. The molecule has 110 valence electrons. The predicted octanol–water partition coefficient (Wildman–Crippen LogP) is 6.19. The second-order valence-electron chi connectivity index (χ2n) is 4.63. The van der Waals surface area contributed by atoms with Crippen LogP contribution in [-0.2, 0) is 0 Å². The van der Waals surface area contributed by atoms with Gasteiger partial charge in [0.15, 0.2) is 5.65 Å². The molecule has 0 spiro atoms. The summed E-state index contributed by atoms with van der Waals surface area (Å²) in [5, 5.41) is 1.23. The maximum atomic E-state index is 4.52. The van der Waals surface area contributed by atoms with E-state index in [0.717, 1.165) is 5.65 Å². The molecule has 21 heavy (non-hydrogen) atoms. The first-order chi connectivity index (χ1) is 10.2. The first-order valence-corrected chi connectivity index (χ1v) is 10.4. The van der Waals surface area contributed by atoms with Crippen molar-refractivity contribution < 1.29 is 0 Å². The summed E-state index contributed by atoms with van der Waals surface area (Å²) >= 11 is 2.31. The number of hydrogen-bond donors (Lipinski definition) is 0. The number of fused-ring (bicyclic) bond motifs is 1. The number of pyridine rings is 1. The summed E-state index contributed by atoms with van der Waals surface area (Å²) in [5.41, 5.74) is 6.03. The highest BCUT2D eigenvalue weighted by molar-refractivity contribution is 14.2. The lowest BCUT2D eigenvalue weighted by Crippen LogP contribution is -1.89. The highest BCUT2D eigenvalue weighted by atomic mass is 127. The SMILES string of the molecule is CC.Cc1cccc(-c2cc3c(C)ccnc3n2SI)c1. The lowest BCUT2D eigenvalue weighted by atomic mass is 10.1. The Morgan fingerprint density at radius 3 is 2.52 bits per heavy atom. The van der Waals surface area contributed by atoms with Gasteiger partial charge in [0.1, 0.15) is 0 Å². The fourth-order valence-electron chi connectivity index (χ4n) is 2.28. The molecule has 2 heterocycles. The molecule has 4 heteroatoms. The third kappa shape index (κ3) is 3.26. The van der Waals surface area contributed by atoms with Gasteiger partial charge in [0.25, 0.3) is 0 Å². The van der Waals surface area contributed by atoms with Gasteiger partial charge < -0.3 is 0 Å². The molecule has 0 saturated carbocycles. The number of hydrogen-bond acceptors (Lipinski definition) is 2. The molecule has 0 fully saturated rings. The summed E-state index contributed by atoms with van der Waals surface area (Å²) in [6.07, 6.45) is 1.88. The minimum absolute atomic E-state index is 1.04. The molecule has 2 nitrogen and oxygen atoms in total. The number of benzene rings is 1. The Hall–Kier alpha value is -1.01. The average Bonchev–Trinajstić information content (AvgIpc) is 2.89. The number of halogens is 1. The molecule has 0 unspecified atom stereocenters. The van der Waals surface area contributed by atoms with Crippen molar-refractivity contribution in [3.8, 4) is 11.3 Å². The first kappa shape index (κ1) is 16.4. The van der Waals surface area contributed by atoms with Gasteiger partial charge in [0.05, 0.1) is 5.69 Å². The molecule has 2 aromatic heterocycles. The third-order valence-electron chi connectivity index (χ3n) is 3.26. The van der Waals surface area contributed by atoms with Crippen molar-refractivity contribution in [2.75, 3.05) is 0 Å². The third-order valence-corrected chi connectivity index (χ3v) is 4.95. The molecule has 0 saturated heterocycles. The highest BCUT2D eigenvalue weighted by Crippen LogP contribution is 2.34. The fraction of sp³-hybridized carbons (Fsp3) is 0.235. The van der Waals surface area contributed by atoms with E-state index in [0.29, 0.717) is 0 Å². The quantitative estimate of drug-likeness (QED) is 0.469. The Bertz CT molecular complexity index is 750. The number of rotatable bonds is 2. The van der Waals surface area contributed by atoms with Gasteiger partial charge in [-0.3, -0.25) is 3.97 Å². The van der Waals surface area contributed by atoms with E-state index in [1.54, 1.807) is 9.12 Å². The Morgan fingerprint density at radius 1 is 1.10 bits per heavy atom. The van der Waals surface area contributed by atoms with Crippen molar-refractivity contribution >= 4 is 41.4 Å². The van der Waals surface area contributed by atoms with Crippen molar-refractivity contribution in [1.29, 1.82) is 0 Å². The molecule has 0 N–H and O–H groups in total. The van der Waals surface area contributed by atoms with Gasteiger partial charge in [0.2, 0.25) is 0 Å². The minimum atomic E-state index is 1.04. The fourth-order valence-corrected chi connectivity index (χ4v) is 3.92. The van der Waals surface area contributed by atoms with E-state index in [1.807, 2.05) is 20.0 Å². The summed E-state index contributed by atoms with van der Waals surface area (Å²) < 4.78 is 2.19. The second kappa shape index (κ2) is 7.31. The van der Waals surface area contributed by atoms with Gasteiger partial charge in [-0.15, -0.1) is 0 Å². The van der Waals surface area contributed by atoms with Gasteiger partial charge in [-0.1, -0.05) is 37.6 Å². The van der Waals surface area contributed by atoms with Crippen LogP contribution in [0.5, 0.6) is 0 Å². The molecule has 0 amide bonds. The van der Waals surface area contributed by atoms with E-state index in [-0.39, 0.29) is 0 Å². The van der Waals surface area contributed by atoms with Gasteiger partial charge in [-0.25, -0.2) is 4.98 Å². The van der Waals surface area contributed by atoms with E-state index < -0.39 is 0 Å². The van der Waals surface area contributed by atoms with Crippen LogP contribution in [0.2, 0.25) is 0 Å². The lowest BCUT2D eigenvalue weighted by molar-refractivity contribution is 1.26. The zero-order chi connectivity index (χ0) is 15.4. The van der Waals surface area contributed by atoms with Crippen molar-refractivity contribution in [2.45, 2.75) is 27.7 Å². The van der Waals surface area contributed by atoms with E-state index in [1.165, 1.54) is 27.8 Å². The molecule has 0 aliphatic rings. The maximum absolute atomic E-state index is 4.52. The zero-order valence-corrected chi connectivity index (χ0v) is 15.7. The highest BCUT2D eigenvalue weighted by Gasteiger charge is 2.13. The standard InChI is InChI=1S/C15H13IN2S.C2H6/c1-10-4-3-5-12(8-10)14-9-13-11(2)6-7-17-15(13)18(14)19-16;1-2/h3-9H,1-2H3;1-2H3. The Balaban J connectivity index is 0.000000774. The molecule has 3 aromatic rings. The Morgan fingerprint density at radius 2 is 1.86 bits per heavy atom. The molecular weight excluding hydrogens is 391 g/mol. The van der Waals surface area contributed by atoms with Crippen LogP contribution in [0.4, 0.5) is 0 Å². The van der Waals surface area contributed by atoms with Crippen molar-refractivity contribution in [3.05, 3.63) is 53.7 Å². The second-order valence-corrected chi connectivity index (χ2v) is 6.31. The van der Waals surface area contributed by atoms with Crippen LogP contribution < -0.4 is 0 Å². The van der Waals surface area contributed by atoms with Crippen molar-refractivity contribution in [3.63, 3.8) is 0 Å². The van der Waals surface area contributed by atoms with Crippen molar-refractivity contribution in [2.24, 2.45) is 0 Å². The summed E-state index contributed by atoms with van der Waals surface area (Å²) in [5.74, 6) is 0. The van der Waals surface area contributed by atoms with Crippen LogP contribution in [0.25, 0.3) is 22.3 Å². The maximum Gasteiger partial charge on any atom is 0.151 e. The Labute approximate surface area is 142 Å². The monoisotopic (exact) mass is 410 g/mol. The lowest BCUT2D eigenvalue weighted by Gasteiger charge is -2.05. The molecule has 0 bridgehead atoms. The van der Waals surface area contributed by atoms with Crippen LogP contribution in [0.3, 0.4) is 0 Å². The Kier molecular flexibility index (Phi) is 5.70. The smallest absolute Gasteiger partial charge is 0.151 e. The van der Waals surface area contributed by atoms with Gasteiger partial charge in [-0.2, -0.15) is 0 Å². The molecule has 0 atom stereocenters. The summed E-state index contributed by atoms with van der Waals surface area (Å²) in [6.45, 7) is 8.25. The average molecular weight is 410 g/mol. The number of aryl methyl sites for hydroxylation is 2. The number of nitrogens with zero attached hydrogens (tertiary/aromatic N) is 2. The zero-order valence-electron chi connectivity index (χ0n) is 12.7. The van der Waals surface area contributed by atoms with E-state index in [9.17, 15) is 0 Å². The van der Waals surface area contributed by atoms with Gasteiger partial charge in [0, 0.05) is 41.9 Å². The van der Waals surface area contributed by atoms with Crippen LogP contribution in [0.1, 0.15) is 25.0 Å². The first-order valence-electron chi connectivity index (χ1n) is 7.04. The minimum Gasteiger partial charge on any atom is -0.258 e. The molecule has 0 aliphatic heterocycles. The topological polar surface area (TPSA) is 17.8 Å². The molecule has 0 radical (unpaired) electrons. The summed E-state index contributed by atoms with van der Waals surface area (Å²) in [6, 6.07) is 12.9. The van der Waals surface area contributed by atoms with Crippen LogP contribution in [0, 0.1) is 13.8 Å². The molecule has 3 rings (SSSR count). The van der Waals surface area contributed by atoms with Crippen molar-refractivity contribution in [1.82, 2.24) is 8.96 Å². The largest absolute Gasteiger partial charge is 0.258 e. The van der Waals surface area contributed by atoms with E-state index >= 15 is 0 Å². The summed E-state index contributed by atoms with van der Waals surface area (Å²) in [7, 11) is 1.67. The molecular formula is C17H19IN2S. The normalized spacial score (nSPS) is 10.3. The molecule has 0 aliphatic carbocycles. The van der Waals surface area contributed by atoms with Crippen LogP contribution >= 0.6 is 30.3 Å². The van der Waals surface area contributed by atoms with Gasteiger partial charge in [-0.05, 0) is 43.2 Å². The summed E-state index contributed by atoms with van der Waals surface area (Å²) in [4.78, 5) is 4.52. The van der Waals surface area contributed by atoms with Crippen LogP contribution in [0.15, 0.2) is 42.6 Å². The number of aromatic nitrogens is 2. The van der Waals surface area contributed by atoms with Gasteiger partial charge >= 0.3 is 0 Å². The predicted molar refractivity (Wildman–Crippen MR) is 103 cm³/mol. The van der Waals surface area contributed by atoms with E-state index in [2.05, 4.69) is 80.4 Å². The van der Waals surface area contributed by atoms with Crippen LogP contribution in [-0.4, -0.2) is 8.96 Å².